The highest BCUT2D eigenvalue weighted by atomic mass is 31.2. The molecule has 8 rings (SSSR count). The van der Waals surface area contributed by atoms with Crippen molar-refractivity contribution >= 4 is 37.2 Å². The smallest absolute Gasteiger partial charge is 0.449 e. The number of aromatic nitrogens is 2. The van der Waals surface area contributed by atoms with Crippen LogP contribution in [0.2, 0.25) is 0 Å². The number of rotatable bonds is 15. The summed E-state index contributed by atoms with van der Waals surface area (Å²) in [6.45, 7) is 3.00. The third-order valence-electron chi connectivity index (χ3n) is 12.1. The highest BCUT2D eigenvalue weighted by molar-refractivity contribution is 7.72. The van der Waals surface area contributed by atoms with E-state index in [2.05, 4.69) is 34.9 Å². The first-order chi connectivity index (χ1) is 30.9. The molecule has 64 heavy (non-hydrogen) atoms. The number of nitrogens with two attached hydrogens (primary N) is 1. The van der Waals surface area contributed by atoms with E-state index in [9.17, 15) is 24.6 Å². The van der Waals surface area contributed by atoms with E-state index in [1.165, 1.54) is 0 Å². The third-order valence-corrected chi connectivity index (χ3v) is 13.6. The van der Waals surface area contributed by atoms with Crippen LogP contribution in [0.15, 0.2) is 114 Å². The van der Waals surface area contributed by atoms with Gasteiger partial charge in [0.05, 0.1) is 6.10 Å². The van der Waals surface area contributed by atoms with Crippen LogP contribution in [0.4, 0.5) is 15.4 Å². The number of amides is 1. The predicted octanol–water partition coefficient (Wildman–Crippen LogP) is 6.65. The Morgan fingerprint density at radius 2 is 1.34 bits per heavy atom. The normalized spacial score (nSPS) is 19.6. The Labute approximate surface area is 372 Å². The number of hydrogen-bond donors (Lipinski definition) is 4. The molecule has 1 fully saturated rings. The number of nitrogens with one attached hydrogen (secondary N) is 1. The van der Waals surface area contributed by atoms with Gasteiger partial charge in [-0.25, -0.2) is 14.4 Å². The SMILES string of the molecule is C=P(C)(C)CC[C@H]1OC(n2ccc(N)nc2=NCCCCC(NC(=O)OCC2c3ccccc3-c3ccccc32)C(=O)OC(=O)OCC2c3ccccc3-c3ccccc32)[C@H](O)[C@@H]1O. The van der Waals surface area contributed by atoms with Crippen LogP contribution in [0.3, 0.4) is 0 Å². The zero-order chi connectivity index (χ0) is 45.0. The van der Waals surface area contributed by atoms with Gasteiger partial charge in [-0.05, 0) is 95.7 Å². The van der Waals surface area contributed by atoms with Crippen molar-refractivity contribution in [1.29, 1.82) is 0 Å². The van der Waals surface area contributed by atoms with Gasteiger partial charge in [0, 0.05) is 24.6 Å². The highest BCUT2D eigenvalue weighted by Crippen LogP contribution is 2.46. The van der Waals surface area contributed by atoms with Crippen molar-refractivity contribution in [2.24, 2.45) is 4.99 Å². The molecule has 5 N–H and O–H groups in total. The number of benzene rings is 4. The summed E-state index contributed by atoms with van der Waals surface area (Å²) in [6.07, 6.45) is 2.12. The summed E-state index contributed by atoms with van der Waals surface area (Å²) in [5, 5.41) is 24.5. The van der Waals surface area contributed by atoms with E-state index in [0.717, 1.165) is 50.7 Å². The number of ether oxygens (including phenoxy) is 4. The lowest BCUT2D eigenvalue weighted by molar-refractivity contribution is -0.142. The number of nitrogen functional groups attached to an aromatic ring is 1. The minimum Gasteiger partial charge on any atom is -0.449 e. The van der Waals surface area contributed by atoms with Crippen molar-refractivity contribution in [3.63, 3.8) is 0 Å². The Morgan fingerprint density at radius 1 is 0.812 bits per heavy atom. The number of fused-ring (bicyclic) bond motifs is 6. The number of anilines is 1. The molecule has 15 heteroatoms. The molecule has 0 saturated carbocycles. The lowest BCUT2D eigenvalue weighted by Gasteiger charge is -2.19. The molecule has 5 aromatic rings. The van der Waals surface area contributed by atoms with Crippen LogP contribution in [0, 0.1) is 0 Å². The Balaban J connectivity index is 0.925. The molecular formula is C49H54N5O9P. The van der Waals surface area contributed by atoms with Gasteiger partial charge in [0.15, 0.2) is 6.23 Å². The average Bonchev–Trinajstić information content (AvgIpc) is 3.89. The Kier molecular flexibility index (Phi) is 13.5. The van der Waals surface area contributed by atoms with Gasteiger partial charge < -0.3 is 40.2 Å². The number of carbonyl (C=O) groups excluding carboxylic acids is 3. The van der Waals surface area contributed by atoms with Crippen molar-refractivity contribution in [2.75, 3.05) is 45.0 Å². The molecule has 0 radical (unpaired) electrons. The molecule has 14 nitrogen and oxygen atoms in total. The van der Waals surface area contributed by atoms with Gasteiger partial charge >= 0.3 is 18.2 Å². The molecule has 1 aromatic heterocycles. The fourth-order valence-corrected chi connectivity index (χ4v) is 9.82. The van der Waals surface area contributed by atoms with Gasteiger partial charge in [-0.2, -0.15) is 4.98 Å². The number of hydrogen-bond acceptors (Lipinski definition) is 12. The summed E-state index contributed by atoms with van der Waals surface area (Å²) in [6, 6.07) is 32.0. The molecule has 334 valence electrons. The molecule has 5 atom stereocenters. The monoisotopic (exact) mass is 887 g/mol. The van der Waals surface area contributed by atoms with Crippen LogP contribution in [0.1, 0.15) is 66.0 Å². The first-order valence-corrected chi connectivity index (χ1v) is 24.6. The molecule has 1 amide bonds. The standard InChI is InChI=1S/C49H54N5O9P/c1-64(2,3)27-24-41-43(55)44(56)45(62-41)54-26-23-42(50)53-47(54)51-25-13-12-22-40(52-48(58)60-28-38-34-18-8-4-14-30(34)31-15-5-9-19-35(31)38)46(57)63-49(59)61-29-39-36-20-10-6-16-32(36)33-17-7-11-21-37(33)39/h4-11,14-21,23,26,38-41,43-45,55-56H,1,12-13,22,24-25,27-29H2,2-3H3,(H,52,58)(H2,50,51,53)/t40?,41-,43-,44-,45?/m1/s1. The number of unbranched alkanes of at least 4 members (excludes halogenated alkanes) is 1. The van der Waals surface area contributed by atoms with Gasteiger partial charge in [0.2, 0.25) is 5.62 Å². The molecule has 1 aliphatic heterocycles. The molecular weight excluding hydrogens is 834 g/mol. The van der Waals surface area contributed by atoms with Crippen LogP contribution in [-0.4, -0.2) is 108 Å². The number of nitrogens with zero attached hydrogens (tertiary/aromatic N) is 3. The van der Waals surface area contributed by atoms with Gasteiger partial charge in [0.25, 0.3) is 0 Å². The minimum absolute atomic E-state index is 0.0203. The predicted molar refractivity (Wildman–Crippen MR) is 245 cm³/mol. The van der Waals surface area contributed by atoms with Crippen LogP contribution >= 0.6 is 6.89 Å². The van der Waals surface area contributed by atoms with E-state index in [1.54, 1.807) is 16.8 Å². The zero-order valence-corrected chi connectivity index (χ0v) is 36.8. The van der Waals surface area contributed by atoms with Gasteiger partial charge in [-0.3, -0.25) is 9.56 Å². The fourth-order valence-electron chi connectivity index (χ4n) is 8.87. The number of alkyl carbamates (subject to hydrolysis) is 1. The maximum Gasteiger partial charge on any atom is 0.516 e. The molecule has 3 aliphatic rings. The summed E-state index contributed by atoms with van der Waals surface area (Å²) in [5.74, 6) is -1.25. The number of aliphatic hydroxyl groups is 2. The van der Waals surface area contributed by atoms with Gasteiger partial charge in [-0.15, -0.1) is 13.2 Å². The van der Waals surface area contributed by atoms with Crippen molar-refractivity contribution in [3.8, 4) is 22.3 Å². The first kappa shape index (κ1) is 44.6. The molecule has 4 aromatic carbocycles. The second kappa shape index (κ2) is 19.4. The first-order valence-electron chi connectivity index (χ1n) is 21.6. The number of aliphatic hydroxyl groups excluding tert-OH is 2. The summed E-state index contributed by atoms with van der Waals surface area (Å²) >= 11 is 0. The summed E-state index contributed by atoms with van der Waals surface area (Å²) < 4.78 is 24.2. The van der Waals surface area contributed by atoms with Crippen molar-refractivity contribution in [2.45, 2.75) is 68.1 Å². The van der Waals surface area contributed by atoms with E-state index in [4.69, 9.17) is 24.7 Å². The van der Waals surface area contributed by atoms with Crippen molar-refractivity contribution < 1.29 is 43.5 Å². The number of carbonyl (C=O) groups is 3. The summed E-state index contributed by atoms with van der Waals surface area (Å²) in [5.41, 5.74) is 14.5. The maximum absolute atomic E-state index is 13.7. The molecule has 0 bridgehead atoms. The van der Waals surface area contributed by atoms with Crippen molar-refractivity contribution in [1.82, 2.24) is 14.9 Å². The van der Waals surface area contributed by atoms with Crippen molar-refractivity contribution in [3.05, 3.63) is 137 Å². The van der Waals surface area contributed by atoms with E-state index in [-0.39, 0.29) is 49.5 Å². The van der Waals surface area contributed by atoms with E-state index < -0.39 is 55.7 Å². The van der Waals surface area contributed by atoms with E-state index >= 15 is 0 Å². The molecule has 2 aliphatic carbocycles. The lowest BCUT2D eigenvalue weighted by Crippen LogP contribution is -2.43. The quantitative estimate of drug-likeness (QED) is 0.0380. The topological polar surface area (TPSA) is 197 Å². The minimum atomic E-state index is -1.39. The summed E-state index contributed by atoms with van der Waals surface area (Å²) in [4.78, 5) is 49.2. The zero-order valence-electron chi connectivity index (χ0n) is 35.9. The Bertz CT molecular complexity index is 2550. The second-order valence-corrected chi connectivity index (χ2v) is 21.5. The van der Waals surface area contributed by atoms with Crippen LogP contribution in [-0.2, 0) is 23.7 Å². The summed E-state index contributed by atoms with van der Waals surface area (Å²) in [7, 11) is 0. The Morgan fingerprint density at radius 3 is 1.89 bits per heavy atom. The fraction of sp³-hybridized carbons (Fsp3) is 0.347. The number of esters is 1. The van der Waals surface area contributed by atoms with Crippen LogP contribution in [0.5, 0.6) is 0 Å². The lowest BCUT2D eigenvalue weighted by atomic mass is 9.98. The molecule has 2 unspecified atom stereocenters. The highest BCUT2D eigenvalue weighted by Gasteiger charge is 2.44. The molecule has 0 spiro atoms. The maximum atomic E-state index is 13.7. The Hall–Kier alpha value is -6.05. The largest absolute Gasteiger partial charge is 0.516 e. The van der Waals surface area contributed by atoms with Gasteiger partial charge in [-0.1, -0.05) is 97.1 Å². The molecule has 1 saturated heterocycles. The van der Waals surface area contributed by atoms with Gasteiger partial charge in [0.1, 0.15) is 37.3 Å². The van der Waals surface area contributed by atoms with Crippen LogP contribution in [0.25, 0.3) is 22.3 Å². The average molecular weight is 888 g/mol. The van der Waals surface area contributed by atoms with E-state index in [1.807, 2.05) is 97.1 Å². The van der Waals surface area contributed by atoms with E-state index in [0.29, 0.717) is 19.3 Å². The third kappa shape index (κ3) is 9.85. The second-order valence-electron chi connectivity index (χ2n) is 17.2. The molecule has 2 heterocycles. The van der Waals surface area contributed by atoms with Crippen LogP contribution < -0.4 is 16.7 Å².